The fourth-order valence-corrected chi connectivity index (χ4v) is 2.07. The maximum atomic E-state index is 12.9. The molecule has 114 valence electrons. The first-order valence-electron chi connectivity index (χ1n) is 6.52. The number of carbonyl (C=O) groups excluding carboxylic acids is 2. The number of halogens is 3. The Bertz CT molecular complexity index is 541. The van der Waals surface area contributed by atoms with Crippen LogP contribution in [0.25, 0.3) is 0 Å². The zero-order valence-electron chi connectivity index (χ0n) is 11.6. The van der Waals surface area contributed by atoms with Crippen molar-refractivity contribution in [3.05, 3.63) is 23.3 Å². The van der Waals surface area contributed by atoms with Gasteiger partial charge in [-0.05, 0) is 6.42 Å². The van der Waals surface area contributed by atoms with Crippen molar-refractivity contribution in [3.8, 4) is 6.07 Å². The van der Waals surface area contributed by atoms with Crippen LogP contribution in [0.1, 0.15) is 32.6 Å². The fraction of sp³-hybridized carbons (Fsp3) is 0.500. The van der Waals surface area contributed by atoms with Crippen molar-refractivity contribution in [3.63, 3.8) is 0 Å². The molecule has 0 fully saturated rings. The molecule has 0 atom stereocenters. The SMILES string of the molecule is C=C1C(=O)N(CCCCCC)C(=O)C(C#N)=C1C(F)(F)F. The Morgan fingerprint density at radius 3 is 2.29 bits per heavy atom. The van der Waals surface area contributed by atoms with Crippen molar-refractivity contribution in [2.75, 3.05) is 6.54 Å². The van der Waals surface area contributed by atoms with E-state index in [-0.39, 0.29) is 6.54 Å². The molecule has 0 N–H and O–H groups in total. The number of unbranched alkanes of at least 4 members (excludes halogenated alkanes) is 3. The molecule has 7 heteroatoms. The van der Waals surface area contributed by atoms with Crippen LogP contribution in [-0.4, -0.2) is 29.4 Å². The molecule has 1 aliphatic heterocycles. The summed E-state index contributed by atoms with van der Waals surface area (Å²) >= 11 is 0. The second-order valence-electron chi connectivity index (χ2n) is 4.66. The van der Waals surface area contributed by atoms with Gasteiger partial charge in [0.05, 0.1) is 5.57 Å². The number of alkyl halides is 3. The molecule has 0 aliphatic carbocycles. The van der Waals surface area contributed by atoms with Gasteiger partial charge in [-0.3, -0.25) is 14.5 Å². The highest BCUT2D eigenvalue weighted by Crippen LogP contribution is 2.37. The lowest BCUT2D eigenvalue weighted by Gasteiger charge is -2.28. The van der Waals surface area contributed by atoms with Gasteiger partial charge < -0.3 is 0 Å². The van der Waals surface area contributed by atoms with Crippen LogP contribution in [-0.2, 0) is 9.59 Å². The maximum Gasteiger partial charge on any atom is 0.418 e. The first kappa shape index (κ1) is 17.0. The minimum Gasteiger partial charge on any atom is -0.274 e. The average molecular weight is 300 g/mol. The minimum absolute atomic E-state index is 0.00694. The van der Waals surface area contributed by atoms with E-state index in [2.05, 4.69) is 6.58 Å². The summed E-state index contributed by atoms with van der Waals surface area (Å²) < 4.78 is 38.6. The number of hydrogen-bond donors (Lipinski definition) is 0. The van der Waals surface area contributed by atoms with Gasteiger partial charge in [-0.15, -0.1) is 0 Å². The predicted octanol–water partition coefficient (Wildman–Crippen LogP) is 2.87. The van der Waals surface area contributed by atoms with E-state index in [4.69, 9.17) is 5.26 Å². The molecule has 0 aromatic heterocycles. The standard InChI is InChI=1S/C14H15F3N2O2/c1-3-4-5-6-7-19-12(20)9(2)11(14(15,16)17)10(8-18)13(19)21/h2-7H2,1H3. The van der Waals surface area contributed by atoms with Crippen molar-refractivity contribution in [1.82, 2.24) is 4.90 Å². The van der Waals surface area contributed by atoms with E-state index in [1.54, 1.807) is 0 Å². The summed E-state index contributed by atoms with van der Waals surface area (Å²) in [5.74, 6) is -2.28. The molecule has 0 saturated heterocycles. The summed E-state index contributed by atoms with van der Waals surface area (Å²) in [6.07, 6.45) is -1.89. The highest BCUT2D eigenvalue weighted by molar-refractivity contribution is 6.18. The fourth-order valence-electron chi connectivity index (χ4n) is 2.07. The lowest BCUT2D eigenvalue weighted by atomic mass is 9.94. The normalized spacial score (nSPS) is 16.5. The average Bonchev–Trinajstić information content (AvgIpc) is 2.40. The number of carbonyl (C=O) groups is 2. The van der Waals surface area contributed by atoms with Crippen LogP contribution in [0.4, 0.5) is 13.2 Å². The minimum atomic E-state index is -4.96. The van der Waals surface area contributed by atoms with Crippen LogP contribution in [0.2, 0.25) is 0 Å². The van der Waals surface area contributed by atoms with Crippen molar-refractivity contribution in [1.29, 1.82) is 5.26 Å². The number of nitriles is 1. The van der Waals surface area contributed by atoms with E-state index in [0.29, 0.717) is 11.3 Å². The van der Waals surface area contributed by atoms with Gasteiger partial charge in [0.1, 0.15) is 11.6 Å². The maximum absolute atomic E-state index is 12.9. The zero-order chi connectivity index (χ0) is 16.2. The number of imide groups is 1. The summed E-state index contributed by atoms with van der Waals surface area (Å²) in [5, 5.41) is 8.82. The number of rotatable bonds is 5. The third-order valence-corrected chi connectivity index (χ3v) is 3.14. The molecule has 0 saturated carbocycles. The summed E-state index contributed by atoms with van der Waals surface area (Å²) in [6, 6.07) is 1.25. The largest absolute Gasteiger partial charge is 0.418 e. The number of hydrogen-bond acceptors (Lipinski definition) is 3. The molecule has 4 nitrogen and oxygen atoms in total. The van der Waals surface area contributed by atoms with Crippen LogP contribution in [0.5, 0.6) is 0 Å². The van der Waals surface area contributed by atoms with E-state index in [0.717, 1.165) is 19.3 Å². The van der Waals surface area contributed by atoms with Gasteiger partial charge in [-0.25, -0.2) is 0 Å². The van der Waals surface area contributed by atoms with Crippen LogP contribution in [0.3, 0.4) is 0 Å². The van der Waals surface area contributed by atoms with E-state index in [1.807, 2.05) is 6.92 Å². The molecule has 2 amide bonds. The molecule has 1 aliphatic rings. The number of amides is 2. The van der Waals surface area contributed by atoms with Crippen LogP contribution < -0.4 is 0 Å². The summed E-state index contributed by atoms with van der Waals surface area (Å²) in [5.41, 5.74) is -3.44. The van der Waals surface area contributed by atoms with Crippen LogP contribution in [0.15, 0.2) is 23.3 Å². The van der Waals surface area contributed by atoms with E-state index >= 15 is 0 Å². The Kier molecular flexibility index (Phi) is 5.30. The van der Waals surface area contributed by atoms with Gasteiger partial charge in [0.2, 0.25) is 0 Å². The van der Waals surface area contributed by atoms with Crippen molar-refractivity contribution < 1.29 is 22.8 Å². The highest BCUT2D eigenvalue weighted by Gasteiger charge is 2.47. The summed E-state index contributed by atoms with van der Waals surface area (Å²) in [7, 11) is 0. The molecular weight excluding hydrogens is 285 g/mol. The van der Waals surface area contributed by atoms with Crippen LogP contribution >= 0.6 is 0 Å². The second-order valence-corrected chi connectivity index (χ2v) is 4.66. The van der Waals surface area contributed by atoms with Crippen molar-refractivity contribution >= 4 is 11.8 Å². The molecule has 1 heterocycles. The first-order valence-corrected chi connectivity index (χ1v) is 6.52. The molecule has 21 heavy (non-hydrogen) atoms. The summed E-state index contributed by atoms with van der Waals surface area (Å²) in [6.45, 7) is 5.07. The summed E-state index contributed by atoms with van der Waals surface area (Å²) in [4.78, 5) is 24.5. The third-order valence-electron chi connectivity index (χ3n) is 3.14. The van der Waals surface area contributed by atoms with Crippen LogP contribution in [0, 0.1) is 11.3 Å². The highest BCUT2D eigenvalue weighted by atomic mass is 19.4. The smallest absolute Gasteiger partial charge is 0.274 e. The Balaban J connectivity index is 3.08. The number of nitrogens with zero attached hydrogens (tertiary/aromatic N) is 2. The zero-order valence-corrected chi connectivity index (χ0v) is 11.6. The molecule has 0 bridgehead atoms. The van der Waals surface area contributed by atoms with E-state index in [1.165, 1.54) is 6.07 Å². The Labute approximate surface area is 120 Å². The first-order chi connectivity index (χ1) is 9.75. The van der Waals surface area contributed by atoms with Gasteiger partial charge >= 0.3 is 6.18 Å². The Morgan fingerprint density at radius 1 is 1.19 bits per heavy atom. The lowest BCUT2D eigenvalue weighted by Crippen LogP contribution is -2.45. The van der Waals surface area contributed by atoms with Gasteiger partial charge in [0, 0.05) is 12.1 Å². The molecular formula is C14H15F3N2O2. The molecule has 0 aromatic rings. The molecule has 0 radical (unpaired) electrons. The predicted molar refractivity (Wildman–Crippen MR) is 68.7 cm³/mol. The van der Waals surface area contributed by atoms with Crippen molar-refractivity contribution in [2.45, 2.75) is 38.8 Å². The molecule has 1 rings (SSSR count). The van der Waals surface area contributed by atoms with Crippen molar-refractivity contribution in [2.24, 2.45) is 0 Å². The topological polar surface area (TPSA) is 61.2 Å². The quantitative estimate of drug-likeness (QED) is 0.445. The van der Waals surface area contributed by atoms with E-state index < -0.39 is 34.7 Å². The van der Waals surface area contributed by atoms with Gasteiger partial charge in [0.15, 0.2) is 0 Å². The Morgan fingerprint density at radius 2 is 1.81 bits per heavy atom. The second kappa shape index (κ2) is 6.57. The van der Waals surface area contributed by atoms with Gasteiger partial charge in [-0.2, -0.15) is 18.4 Å². The third kappa shape index (κ3) is 3.51. The molecule has 0 unspecified atom stereocenters. The molecule has 0 aromatic carbocycles. The van der Waals surface area contributed by atoms with Gasteiger partial charge in [0.25, 0.3) is 11.8 Å². The van der Waals surface area contributed by atoms with E-state index in [9.17, 15) is 22.8 Å². The molecule has 0 spiro atoms. The van der Waals surface area contributed by atoms with Gasteiger partial charge in [-0.1, -0.05) is 32.8 Å². The Hall–Kier alpha value is -2.10. The lowest BCUT2D eigenvalue weighted by molar-refractivity contribution is -0.143. The monoisotopic (exact) mass is 300 g/mol.